The molecule has 0 aliphatic carbocycles. The van der Waals surface area contributed by atoms with Gasteiger partial charge in [0, 0.05) is 30.2 Å². The molecular formula is C18H19N5O5S2. The largest absolute Gasteiger partial charge is 0.461 e. The predicted molar refractivity (Wildman–Crippen MR) is 109 cm³/mol. The molecule has 0 radical (unpaired) electrons. The average molecular weight is 450 g/mol. The number of ether oxygens (including phenoxy) is 1. The number of fused-ring (bicyclic) bond motifs is 1. The summed E-state index contributed by atoms with van der Waals surface area (Å²) in [4.78, 5) is 26.8. The molecule has 2 aliphatic heterocycles. The van der Waals surface area contributed by atoms with Crippen molar-refractivity contribution in [3.8, 4) is 0 Å². The lowest BCUT2D eigenvalue weighted by atomic mass is 9.96. The highest BCUT2D eigenvalue weighted by molar-refractivity contribution is 7.90. The van der Waals surface area contributed by atoms with E-state index in [0.717, 1.165) is 11.5 Å². The van der Waals surface area contributed by atoms with E-state index >= 15 is 0 Å². The summed E-state index contributed by atoms with van der Waals surface area (Å²) in [7, 11) is -3.72. The molecule has 0 spiro atoms. The highest BCUT2D eigenvalue weighted by Gasteiger charge is 2.35. The molecule has 158 valence electrons. The summed E-state index contributed by atoms with van der Waals surface area (Å²) in [5, 5.41) is 6.69. The maximum atomic E-state index is 12.8. The Morgan fingerprint density at radius 2 is 2.13 bits per heavy atom. The van der Waals surface area contributed by atoms with E-state index < -0.39 is 21.9 Å². The number of hydrogen-bond acceptors (Lipinski definition) is 9. The predicted octanol–water partition coefficient (Wildman–Crippen LogP) is 1.51. The Kier molecular flexibility index (Phi) is 5.52. The van der Waals surface area contributed by atoms with Crippen LogP contribution in [0, 0.1) is 5.92 Å². The van der Waals surface area contributed by atoms with E-state index in [1.54, 1.807) is 25.1 Å². The van der Waals surface area contributed by atoms with Gasteiger partial charge in [0.05, 0.1) is 12.5 Å². The summed E-state index contributed by atoms with van der Waals surface area (Å²) in [6.45, 7) is 2.78. The maximum absolute atomic E-state index is 12.8. The Labute approximate surface area is 177 Å². The second-order valence-corrected chi connectivity index (χ2v) is 9.16. The number of hydrogen-bond donors (Lipinski definition) is 1. The third kappa shape index (κ3) is 3.79. The minimum Gasteiger partial charge on any atom is -0.461 e. The van der Waals surface area contributed by atoms with Crippen molar-refractivity contribution in [3.05, 3.63) is 35.5 Å². The molecule has 1 aromatic carbocycles. The van der Waals surface area contributed by atoms with Crippen molar-refractivity contribution in [1.29, 1.82) is 0 Å². The number of benzene rings is 1. The Bertz CT molecular complexity index is 1130. The summed E-state index contributed by atoms with van der Waals surface area (Å²) >= 11 is 0.902. The van der Waals surface area contributed by atoms with Crippen LogP contribution < -0.4 is 5.32 Å². The monoisotopic (exact) mass is 449 g/mol. The number of nitrogens with zero attached hydrogens (tertiary/aromatic N) is 4. The number of likely N-dealkylation sites (tertiary alicyclic amines) is 1. The summed E-state index contributed by atoms with van der Waals surface area (Å²) in [5.74, 6) is -0.969. The van der Waals surface area contributed by atoms with Crippen molar-refractivity contribution >= 4 is 44.3 Å². The Hall–Kier alpha value is -2.86. The number of amides is 1. The highest BCUT2D eigenvalue weighted by atomic mass is 32.2. The number of sulfonamides is 1. The summed E-state index contributed by atoms with van der Waals surface area (Å²) in [6.07, 6.45) is 1.33. The SMILES string of the molecule is CCOC(=O)c1nnsc1NC(=O)C1CCCN(C2=NS(=O)(=O)c3ccccc32)C1. The first-order valence-electron chi connectivity index (χ1n) is 9.40. The van der Waals surface area contributed by atoms with Crippen LogP contribution in [0.4, 0.5) is 5.00 Å². The number of rotatable bonds is 4. The van der Waals surface area contributed by atoms with E-state index in [4.69, 9.17) is 4.74 Å². The molecule has 1 fully saturated rings. The van der Waals surface area contributed by atoms with Gasteiger partial charge in [-0.15, -0.1) is 9.50 Å². The third-order valence-corrected chi connectivity index (χ3v) is 6.86. The molecule has 1 N–H and O–H groups in total. The molecule has 10 nitrogen and oxygen atoms in total. The molecule has 12 heteroatoms. The number of anilines is 1. The van der Waals surface area contributed by atoms with Crippen LogP contribution in [-0.2, 0) is 19.6 Å². The molecule has 2 aliphatic rings. The zero-order valence-electron chi connectivity index (χ0n) is 16.1. The van der Waals surface area contributed by atoms with Crippen molar-refractivity contribution in [2.24, 2.45) is 10.3 Å². The number of amidine groups is 1. The second kappa shape index (κ2) is 8.11. The van der Waals surface area contributed by atoms with Crippen LogP contribution >= 0.6 is 11.5 Å². The molecule has 1 aromatic heterocycles. The Morgan fingerprint density at radius 1 is 1.33 bits per heavy atom. The molecule has 1 atom stereocenters. The van der Waals surface area contributed by atoms with Crippen molar-refractivity contribution in [2.75, 3.05) is 25.0 Å². The lowest BCUT2D eigenvalue weighted by molar-refractivity contribution is -0.121. The minimum absolute atomic E-state index is 0.0249. The van der Waals surface area contributed by atoms with Crippen LogP contribution in [-0.4, -0.2) is 60.3 Å². The second-order valence-electron chi connectivity index (χ2n) is 6.83. The molecule has 4 rings (SSSR count). The van der Waals surface area contributed by atoms with Crippen LogP contribution in [0.2, 0.25) is 0 Å². The molecule has 1 saturated heterocycles. The number of esters is 1. The lowest BCUT2D eigenvalue weighted by Crippen LogP contribution is -2.43. The molecule has 30 heavy (non-hydrogen) atoms. The standard InChI is InChI=1S/C18H19N5O5S2/c1-2-28-18(25)14-17(29-22-20-14)19-16(24)11-6-5-9-23(10-11)15-12-7-3-4-8-13(12)30(26,27)21-15/h3-4,7-8,11H,2,5-6,9-10H2,1H3,(H,19,24). The number of aromatic nitrogens is 2. The van der Waals surface area contributed by atoms with Gasteiger partial charge in [0.15, 0.2) is 10.8 Å². The molecule has 2 aromatic rings. The van der Waals surface area contributed by atoms with Gasteiger partial charge < -0.3 is 15.0 Å². The molecule has 1 unspecified atom stereocenters. The van der Waals surface area contributed by atoms with Crippen molar-refractivity contribution in [1.82, 2.24) is 14.5 Å². The van der Waals surface area contributed by atoms with E-state index in [-0.39, 0.29) is 28.1 Å². The van der Waals surface area contributed by atoms with Gasteiger partial charge in [-0.25, -0.2) is 4.79 Å². The normalized spacial score (nSPS) is 19.7. The van der Waals surface area contributed by atoms with Gasteiger partial charge in [0.2, 0.25) is 11.6 Å². The zero-order chi connectivity index (χ0) is 21.3. The maximum Gasteiger partial charge on any atom is 0.362 e. The first-order chi connectivity index (χ1) is 14.4. The minimum atomic E-state index is -3.72. The van der Waals surface area contributed by atoms with Crippen molar-refractivity contribution in [2.45, 2.75) is 24.7 Å². The smallest absolute Gasteiger partial charge is 0.362 e. The highest BCUT2D eigenvalue weighted by Crippen LogP contribution is 2.30. The fraction of sp³-hybridized carbons (Fsp3) is 0.389. The van der Waals surface area contributed by atoms with Gasteiger partial charge in [-0.2, -0.15) is 8.42 Å². The molecule has 1 amide bonds. The van der Waals surface area contributed by atoms with Crippen LogP contribution in [0.5, 0.6) is 0 Å². The Morgan fingerprint density at radius 3 is 2.93 bits per heavy atom. The van der Waals surface area contributed by atoms with Gasteiger partial charge in [0.25, 0.3) is 10.0 Å². The fourth-order valence-electron chi connectivity index (χ4n) is 3.52. The number of carbonyl (C=O) groups is 2. The van der Waals surface area contributed by atoms with Crippen LogP contribution in [0.15, 0.2) is 33.6 Å². The van der Waals surface area contributed by atoms with Gasteiger partial charge in [-0.05, 0) is 31.9 Å². The van der Waals surface area contributed by atoms with Crippen LogP contribution in [0.25, 0.3) is 0 Å². The van der Waals surface area contributed by atoms with Crippen LogP contribution in [0.3, 0.4) is 0 Å². The first-order valence-corrected chi connectivity index (χ1v) is 11.6. The fourth-order valence-corrected chi connectivity index (χ4v) is 5.31. The molecule has 0 bridgehead atoms. The van der Waals surface area contributed by atoms with E-state index in [9.17, 15) is 18.0 Å². The van der Waals surface area contributed by atoms with E-state index in [1.165, 1.54) is 6.07 Å². The quantitative estimate of drug-likeness (QED) is 0.695. The third-order valence-electron chi connectivity index (χ3n) is 4.90. The topological polar surface area (TPSA) is 131 Å². The van der Waals surface area contributed by atoms with Gasteiger partial charge in [0.1, 0.15) is 4.90 Å². The van der Waals surface area contributed by atoms with Gasteiger partial charge >= 0.3 is 5.97 Å². The average Bonchev–Trinajstić information content (AvgIpc) is 3.31. The lowest BCUT2D eigenvalue weighted by Gasteiger charge is -2.33. The summed E-state index contributed by atoms with van der Waals surface area (Å²) < 4.78 is 37.3. The first kappa shape index (κ1) is 20.4. The zero-order valence-corrected chi connectivity index (χ0v) is 17.7. The Balaban J connectivity index is 1.50. The number of carbonyl (C=O) groups excluding carboxylic acids is 2. The summed E-state index contributed by atoms with van der Waals surface area (Å²) in [5.41, 5.74) is 0.526. The van der Waals surface area contributed by atoms with Gasteiger partial charge in [-0.3, -0.25) is 4.79 Å². The molecule has 3 heterocycles. The van der Waals surface area contributed by atoms with Crippen molar-refractivity contribution < 1.29 is 22.7 Å². The summed E-state index contributed by atoms with van der Waals surface area (Å²) in [6, 6.07) is 6.67. The van der Waals surface area contributed by atoms with Crippen molar-refractivity contribution in [3.63, 3.8) is 0 Å². The number of nitrogens with one attached hydrogen (secondary N) is 1. The van der Waals surface area contributed by atoms with Gasteiger partial charge in [-0.1, -0.05) is 16.6 Å². The van der Waals surface area contributed by atoms with E-state index in [2.05, 4.69) is 19.3 Å². The molecular weight excluding hydrogens is 430 g/mol. The molecule has 0 saturated carbocycles. The van der Waals surface area contributed by atoms with Crippen LogP contribution in [0.1, 0.15) is 35.8 Å². The van der Waals surface area contributed by atoms with E-state index in [1.807, 2.05) is 4.90 Å². The number of piperidine rings is 1. The van der Waals surface area contributed by atoms with E-state index in [0.29, 0.717) is 37.3 Å².